The quantitative estimate of drug-likeness (QED) is 0.350. The van der Waals surface area contributed by atoms with Crippen molar-refractivity contribution < 1.29 is 19.1 Å². The van der Waals surface area contributed by atoms with Crippen LogP contribution < -0.4 is 19.1 Å². The lowest BCUT2D eigenvalue weighted by Crippen LogP contribution is -2.39. The van der Waals surface area contributed by atoms with Gasteiger partial charge in [-0.1, -0.05) is 13.0 Å². The summed E-state index contributed by atoms with van der Waals surface area (Å²) in [4.78, 5) is 22.2. The maximum absolute atomic E-state index is 11.0. The minimum absolute atomic E-state index is 0.0306. The number of benzene rings is 2. The number of rotatable bonds is 8. The third-order valence-electron chi connectivity index (χ3n) is 5.90. The van der Waals surface area contributed by atoms with E-state index in [1.807, 2.05) is 31.2 Å². The Balaban J connectivity index is 1.49. The highest BCUT2D eigenvalue weighted by Gasteiger charge is 2.25. The summed E-state index contributed by atoms with van der Waals surface area (Å²) in [7, 11) is 3.24. The molecule has 34 heavy (non-hydrogen) atoms. The molecule has 1 fully saturated rings. The number of nitrogens with zero attached hydrogens (tertiary/aromatic N) is 4. The number of ether oxygens (including phenoxy) is 3. The topological polar surface area (TPSA) is 99.9 Å². The standard InChI is InChI=1S/C25H28N4O5/c1-4-18-16-23(27-25(26-18)17-8-10-19(11-9-17)29(30)31)28-14-12-20(13-15-28)34-24-21(32-2)6-5-7-22(24)33-3/h5-11,16,20H,4,12-15H2,1-3H3. The fraction of sp³-hybridized carbons (Fsp3) is 0.360. The van der Waals surface area contributed by atoms with Gasteiger partial charge in [-0.2, -0.15) is 0 Å². The van der Waals surface area contributed by atoms with Crippen molar-refractivity contribution in [3.63, 3.8) is 0 Å². The summed E-state index contributed by atoms with van der Waals surface area (Å²) in [5.74, 6) is 3.35. The highest BCUT2D eigenvalue weighted by molar-refractivity contribution is 5.60. The van der Waals surface area contributed by atoms with Gasteiger partial charge in [0.05, 0.1) is 19.1 Å². The van der Waals surface area contributed by atoms with E-state index in [1.54, 1.807) is 26.4 Å². The Morgan fingerprint density at radius 1 is 1.03 bits per heavy atom. The predicted octanol–water partition coefficient (Wildman–Crippen LogP) is 4.68. The maximum atomic E-state index is 11.0. The van der Waals surface area contributed by atoms with Gasteiger partial charge in [0.25, 0.3) is 5.69 Å². The number of non-ortho nitro benzene ring substituents is 1. The van der Waals surface area contributed by atoms with Crippen molar-refractivity contribution in [3.8, 4) is 28.6 Å². The summed E-state index contributed by atoms with van der Waals surface area (Å²) in [6.07, 6.45) is 2.44. The molecule has 0 saturated carbocycles. The third kappa shape index (κ3) is 5.03. The molecule has 1 aliphatic rings. The van der Waals surface area contributed by atoms with Crippen LogP contribution in [0.25, 0.3) is 11.4 Å². The molecule has 2 heterocycles. The Morgan fingerprint density at radius 3 is 2.24 bits per heavy atom. The Kier molecular flexibility index (Phi) is 7.10. The van der Waals surface area contributed by atoms with E-state index in [0.717, 1.165) is 49.4 Å². The van der Waals surface area contributed by atoms with E-state index in [2.05, 4.69) is 9.88 Å². The number of aryl methyl sites for hydroxylation is 1. The monoisotopic (exact) mass is 464 g/mol. The molecule has 1 aliphatic heterocycles. The van der Waals surface area contributed by atoms with Gasteiger partial charge in [0.2, 0.25) is 5.75 Å². The number of anilines is 1. The van der Waals surface area contributed by atoms with E-state index in [0.29, 0.717) is 23.1 Å². The Morgan fingerprint density at radius 2 is 1.68 bits per heavy atom. The van der Waals surface area contributed by atoms with E-state index in [9.17, 15) is 10.1 Å². The number of methoxy groups -OCH3 is 2. The van der Waals surface area contributed by atoms with Crippen LogP contribution in [-0.4, -0.2) is 48.3 Å². The average Bonchev–Trinajstić information content (AvgIpc) is 2.89. The summed E-state index contributed by atoms with van der Waals surface area (Å²) in [5, 5.41) is 11.0. The number of aromatic nitrogens is 2. The van der Waals surface area contributed by atoms with Gasteiger partial charge in [-0.05, 0) is 30.7 Å². The second kappa shape index (κ2) is 10.4. The molecule has 9 nitrogen and oxygen atoms in total. The molecule has 0 N–H and O–H groups in total. The lowest BCUT2D eigenvalue weighted by molar-refractivity contribution is -0.384. The normalized spacial score (nSPS) is 14.0. The van der Waals surface area contributed by atoms with E-state index in [-0.39, 0.29) is 11.8 Å². The third-order valence-corrected chi connectivity index (χ3v) is 5.90. The largest absolute Gasteiger partial charge is 0.493 e. The second-order valence-electron chi connectivity index (χ2n) is 7.99. The van der Waals surface area contributed by atoms with Crippen molar-refractivity contribution in [3.05, 3.63) is 64.3 Å². The molecule has 1 saturated heterocycles. The number of hydrogen-bond donors (Lipinski definition) is 0. The van der Waals surface area contributed by atoms with E-state index in [4.69, 9.17) is 19.2 Å². The zero-order valence-corrected chi connectivity index (χ0v) is 19.6. The van der Waals surface area contributed by atoms with Crippen LogP contribution >= 0.6 is 0 Å². The van der Waals surface area contributed by atoms with Gasteiger partial charge >= 0.3 is 0 Å². The van der Waals surface area contributed by atoms with Crippen LogP contribution in [0.2, 0.25) is 0 Å². The highest BCUT2D eigenvalue weighted by Crippen LogP contribution is 2.38. The van der Waals surface area contributed by atoms with Crippen LogP contribution in [0.4, 0.5) is 11.5 Å². The van der Waals surface area contributed by atoms with E-state index in [1.165, 1.54) is 12.1 Å². The Bertz CT molecular complexity index is 1120. The van der Waals surface area contributed by atoms with Crippen molar-refractivity contribution in [2.45, 2.75) is 32.3 Å². The summed E-state index contributed by atoms with van der Waals surface area (Å²) in [6.45, 7) is 3.61. The molecule has 0 radical (unpaired) electrons. The first-order chi connectivity index (χ1) is 16.5. The summed E-state index contributed by atoms with van der Waals surface area (Å²) in [6, 6.07) is 13.9. The van der Waals surface area contributed by atoms with Crippen molar-refractivity contribution in [1.82, 2.24) is 9.97 Å². The molecule has 3 aromatic rings. The highest BCUT2D eigenvalue weighted by atomic mass is 16.6. The minimum atomic E-state index is -0.411. The molecular formula is C25H28N4O5. The molecule has 178 valence electrons. The van der Waals surface area contributed by atoms with Crippen molar-refractivity contribution in [2.24, 2.45) is 0 Å². The van der Waals surface area contributed by atoms with Crippen LogP contribution in [0.15, 0.2) is 48.5 Å². The van der Waals surface area contributed by atoms with Crippen LogP contribution in [0.1, 0.15) is 25.5 Å². The van der Waals surface area contributed by atoms with Gasteiger partial charge in [0.1, 0.15) is 11.9 Å². The summed E-state index contributed by atoms with van der Waals surface area (Å²) in [5.41, 5.74) is 1.73. The SMILES string of the molecule is CCc1cc(N2CCC(Oc3c(OC)cccc3OC)CC2)nc(-c2ccc([N+](=O)[O-])cc2)n1. The number of nitro benzene ring substituents is 1. The van der Waals surface area contributed by atoms with Crippen LogP contribution in [0, 0.1) is 10.1 Å². The van der Waals surface area contributed by atoms with Gasteiger partial charge in [-0.3, -0.25) is 10.1 Å². The first-order valence-corrected chi connectivity index (χ1v) is 11.3. The molecule has 2 aromatic carbocycles. The lowest BCUT2D eigenvalue weighted by atomic mass is 10.1. The van der Waals surface area contributed by atoms with Crippen LogP contribution in [-0.2, 0) is 6.42 Å². The Labute approximate surface area is 198 Å². The number of para-hydroxylation sites is 1. The molecule has 0 atom stereocenters. The molecule has 9 heteroatoms. The number of piperidine rings is 1. The first-order valence-electron chi connectivity index (χ1n) is 11.3. The van der Waals surface area contributed by atoms with E-state index < -0.39 is 4.92 Å². The maximum Gasteiger partial charge on any atom is 0.269 e. The zero-order valence-electron chi connectivity index (χ0n) is 19.6. The van der Waals surface area contributed by atoms with Crippen molar-refractivity contribution >= 4 is 11.5 Å². The van der Waals surface area contributed by atoms with E-state index >= 15 is 0 Å². The summed E-state index contributed by atoms with van der Waals surface area (Å²) >= 11 is 0. The molecule has 0 amide bonds. The average molecular weight is 465 g/mol. The number of hydrogen-bond acceptors (Lipinski definition) is 8. The van der Waals surface area contributed by atoms with Crippen LogP contribution in [0.3, 0.4) is 0 Å². The fourth-order valence-electron chi connectivity index (χ4n) is 3.99. The predicted molar refractivity (Wildman–Crippen MR) is 129 cm³/mol. The molecule has 0 aliphatic carbocycles. The molecule has 0 unspecified atom stereocenters. The Hall–Kier alpha value is -3.88. The fourth-order valence-corrected chi connectivity index (χ4v) is 3.99. The lowest BCUT2D eigenvalue weighted by Gasteiger charge is -2.33. The van der Waals surface area contributed by atoms with Gasteiger partial charge in [-0.25, -0.2) is 9.97 Å². The zero-order chi connectivity index (χ0) is 24.1. The smallest absolute Gasteiger partial charge is 0.269 e. The van der Waals surface area contributed by atoms with Crippen molar-refractivity contribution in [1.29, 1.82) is 0 Å². The summed E-state index contributed by atoms with van der Waals surface area (Å²) < 4.78 is 17.2. The van der Waals surface area contributed by atoms with Gasteiger partial charge < -0.3 is 19.1 Å². The minimum Gasteiger partial charge on any atom is -0.493 e. The first kappa shape index (κ1) is 23.3. The van der Waals surface area contributed by atoms with Gasteiger partial charge in [-0.15, -0.1) is 0 Å². The molecule has 1 aromatic heterocycles. The van der Waals surface area contributed by atoms with Crippen molar-refractivity contribution in [2.75, 3.05) is 32.2 Å². The number of nitro groups is 1. The van der Waals surface area contributed by atoms with Crippen LogP contribution in [0.5, 0.6) is 17.2 Å². The molecule has 4 rings (SSSR count). The van der Waals surface area contributed by atoms with Gasteiger partial charge in [0.15, 0.2) is 17.3 Å². The van der Waals surface area contributed by atoms with Gasteiger partial charge in [0, 0.05) is 55.4 Å². The molecule has 0 bridgehead atoms. The molecular weight excluding hydrogens is 436 g/mol. The second-order valence-corrected chi connectivity index (χ2v) is 7.99. The molecule has 0 spiro atoms.